The van der Waals surface area contributed by atoms with Crippen molar-refractivity contribution >= 4 is 10.8 Å². The van der Waals surface area contributed by atoms with Crippen LogP contribution in [-0.4, -0.2) is 4.21 Å². The molecule has 11 heavy (non-hydrogen) atoms. The van der Waals surface area contributed by atoms with Crippen molar-refractivity contribution in [2.75, 3.05) is 0 Å². The average molecular weight is 167 g/mol. The van der Waals surface area contributed by atoms with Gasteiger partial charge in [0.15, 0.2) is 0 Å². The van der Waals surface area contributed by atoms with Crippen LogP contribution < -0.4 is 0 Å². The molecule has 1 aromatic carbocycles. The third kappa shape index (κ3) is 2.31. The smallest absolute Gasteiger partial charge is 0.0772 e. The van der Waals surface area contributed by atoms with E-state index in [1.54, 1.807) is 11.5 Å². The van der Waals surface area contributed by atoms with Crippen LogP contribution in [-0.2, 0) is 10.8 Å². The Hall–Kier alpha value is -0.890. The van der Waals surface area contributed by atoms with Gasteiger partial charge in [0, 0.05) is 10.3 Å². The monoisotopic (exact) mass is 167 g/mol. The van der Waals surface area contributed by atoms with E-state index in [4.69, 9.17) is 0 Å². The van der Waals surface area contributed by atoms with E-state index in [1.807, 2.05) is 37.3 Å². The molecule has 0 radical (unpaired) electrons. The number of allylic oxidation sites excluding steroid dienone is 1. The summed E-state index contributed by atoms with van der Waals surface area (Å²) in [7, 11) is -0.964. The summed E-state index contributed by atoms with van der Waals surface area (Å²) in [6, 6.07) is 9.40. The number of rotatable bonds is 2. The minimum Gasteiger partial charge on any atom is -0.250 e. The van der Waals surface area contributed by atoms with Gasteiger partial charge in [0.2, 0.25) is 0 Å². The highest BCUT2D eigenvalue weighted by atomic mass is 32.2. The van der Waals surface area contributed by atoms with Gasteiger partial charge in [-0.3, -0.25) is 0 Å². The summed E-state index contributed by atoms with van der Waals surface area (Å²) in [5, 5.41) is 1.68. The molecule has 0 aliphatic rings. The predicted octanol–water partition coefficient (Wildman–Crippen LogP) is 2.33. The van der Waals surface area contributed by atoms with Crippen LogP contribution in [0.2, 0.25) is 0 Å². The third-order valence-electron chi connectivity index (χ3n) is 1.24. The van der Waals surface area contributed by atoms with Gasteiger partial charge in [-0.15, -0.1) is 0 Å². The second-order valence-corrected chi connectivity index (χ2v) is 3.42. The van der Waals surface area contributed by atoms with E-state index < -0.39 is 10.8 Å². The molecule has 1 aromatic rings. The lowest BCUT2D eigenvalue weighted by molar-refractivity contribution is 0.688. The van der Waals surface area contributed by atoms with Crippen LogP contribution in [0.1, 0.15) is 6.92 Å². The first-order valence-electron chi connectivity index (χ1n) is 3.43. The maximum atomic E-state index is 11.3. The highest BCUT2D eigenvalue weighted by molar-refractivity contribution is 7.88. The third-order valence-corrected chi connectivity index (χ3v) is 2.49. The van der Waals surface area contributed by atoms with E-state index in [2.05, 4.69) is 0 Å². The maximum Gasteiger partial charge on any atom is 0.0772 e. The lowest BCUT2D eigenvalue weighted by atomic mass is 10.5. The zero-order valence-electron chi connectivity index (χ0n) is 6.36. The first-order chi connectivity index (χ1) is 5.34. The Labute approximate surface area is 69.2 Å². The van der Waals surface area contributed by atoms with Gasteiger partial charge in [-0.05, 0) is 19.1 Å². The van der Waals surface area contributed by atoms with E-state index in [-0.39, 0.29) is 0 Å². The Balaban J connectivity index is 2.86. The minimum absolute atomic E-state index is 0.852. The van der Waals surface area contributed by atoms with Gasteiger partial charge in [0.05, 0.1) is 10.8 Å². The SMILES string of the molecule is CC=CS(=O)[13c]1ccccc1. The second kappa shape index (κ2) is 4.09. The molecular weight excluding hydrogens is 157 g/mol. The van der Waals surface area contributed by atoms with Crippen molar-refractivity contribution in [3.63, 3.8) is 0 Å². The van der Waals surface area contributed by atoms with Crippen LogP contribution in [0.4, 0.5) is 0 Å². The average Bonchev–Trinajstić information content (AvgIpc) is 2.07. The Morgan fingerprint density at radius 1 is 1.27 bits per heavy atom. The minimum atomic E-state index is -0.964. The highest BCUT2D eigenvalue weighted by Gasteiger charge is 1.94. The molecule has 0 heterocycles. The molecule has 0 N–H and O–H groups in total. The van der Waals surface area contributed by atoms with Crippen molar-refractivity contribution in [1.82, 2.24) is 0 Å². The summed E-state index contributed by atoms with van der Waals surface area (Å²) in [6.07, 6.45) is 1.79. The van der Waals surface area contributed by atoms with E-state index in [9.17, 15) is 4.21 Å². The van der Waals surface area contributed by atoms with Crippen molar-refractivity contribution in [3.8, 4) is 0 Å². The van der Waals surface area contributed by atoms with Crippen molar-refractivity contribution in [1.29, 1.82) is 0 Å². The first-order valence-corrected chi connectivity index (χ1v) is 4.64. The zero-order valence-corrected chi connectivity index (χ0v) is 7.17. The fraction of sp³-hybridized carbons (Fsp3) is 0.111. The van der Waals surface area contributed by atoms with E-state index in [0.717, 1.165) is 4.90 Å². The van der Waals surface area contributed by atoms with E-state index in [0.29, 0.717) is 0 Å². The molecule has 0 amide bonds. The molecule has 58 valence electrons. The van der Waals surface area contributed by atoms with Crippen LogP contribution >= 0.6 is 0 Å². The van der Waals surface area contributed by atoms with Crippen LogP contribution in [0.15, 0.2) is 46.7 Å². The predicted molar refractivity (Wildman–Crippen MR) is 47.7 cm³/mol. The summed E-state index contributed by atoms with van der Waals surface area (Å²) in [5.41, 5.74) is 0. The molecule has 0 spiro atoms. The Bertz CT molecular complexity index is 264. The molecule has 1 atom stereocenters. The van der Waals surface area contributed by atoms with Crippen molar-refractivity contribution in [2.24, 2.45) is 0 Å². The highest BCUT2D eigenvalue weighted by Crippen LogP contribution is 2.05. The largest absolute Gasteiger partial charge is 0.250 e. The number of hydrogen-bond acceptors (Lipinski definition) is 1. The molecular formula is C9H10OS. The van der Waals surface area contributed by atoms with Gasteiger partial charge in [0.25, 0.3) is 0 Å². The van der Waals surface area contributed by atoms with Crippen LogP contribution in [0, 0.1) is 0 Å². The normalized spacial score (nSPS) is 13.5. The summed E-state index contributed by atoms with van der Waals surface area (Å²) >= 11 is 0. The molecule has 0 fully saturated rings. The molecule has 0 aliphatic carbocycles. The standard InChI is InChI=1S/C9H10OS/c1-2-8-11(10)9-6-4-3-5-7-9/h2-8H,1H3/i9+1. The van der Waals surface area contributed by atoms with Crippen LogP contribution in [0.25, 0.3) is 0 Å². The molecule has 1 nitrogen and oxygen atoms in total. The van der Waals surface area contributed by atoms with Crippen LogP contribution in [0.5, 0.6) is 0 Å². The Morgan fingerprint density at radius 3 is 2.45 bits per heavy atom. The maximum absolute atomic E-state index is 11.3. The molecule has 0 aliphatic heterocycles. The van der Waals surface area contributed by atoms with Crippen LogP contribution in [0.3, 0.4) is 0 Å². The van der Waals surface area contributed by atoms with Gasteiger partial charge < -0.3 is 0 Å². The summed E-state index contributed by atoms with van der Waals surface area (Å²) in [4.78, 5) is 0.852. The lowest BCUT2D eigenvalue weighted by Gasteiger charge is -1.92. The fourth-order valence-corrected chi connectivity index (χ4v) is 1.59. The van der Waals surface area contributed by atoms with Crippen molar-refractivity contribution < 1.29 is 4.21 Å². The van der Waals surface area contributed by atoms with E-state index >= 15 is 0 Å². The van der Waals surface area contributed by atoms with Crippen molar-refractivity contribution in [2.45, 2.75) is 11.8 Å². The van der Waals surface area contributed by atoms with Gasteiger partial charge >= 0.3 is 0 Å². The summed E-state index contributed by atoms with van der Waals surface area (Å²) in [6.45, 7) is 1.86. The molecule has 1 unspecified atom stereocenters. The van der Waals surface area contributed by atoms with E-state index in [1.165, 1.54) is 0 Å². The molecule has 1 rings (SSSR count). The first kappa shape index (κ1) is 8.21. The van der Waals surface area contributed by atoms with Crippen molar-refractivity contribution in [3.05, 3.63) is 41.8 Å². The number of benzene rings is 1. The van der Waals surface area contributed by atoms with Gasteiger partial charge in [-0.2, -0.15) is 0 Å². The quantitative estimate of drug-likeness (QED) is 0.660. The fourth-order valence-electron chi connectivity index (χ4n) is 0.757. The van der Waals surface area contributed by atoms with Gasteiger partial charge in [0.1, 0.15) is 0 Å². The summed E-state index contributed by atoms with van der Waals surface area (Å²) < 4.78 is 11.3. The Morgan fingerprint density at radius 2 is 1.91 bits per heavy atom. The van der Waals surface area contributed by atoms with Gasteiger partial charge in [-0.1, -0.05) is 24.3 Å². The molecule has 0 aromatic heterocycles. The zero-order chi connectivity index (χ0) is 8.10. The molecule has 0 bridgehead atoms. The van der Waals surface area contributed by atoms with Gasteiger partial charge in [-0.25, -0.2) is 4.21 Å². The lowest BCUT2D eigenvalue weighted by Crippen LogP contribution is -1.83. The number of hydrogen-bond donors (Lipinski definition) is 0. The molecule has 2 heteroatoms. The Kier molecular flexibility index (Phi) is 3.05. The molecule has 0 saturated heterocycles. The topological polar surface area (TPSA) is 17.1 Å². The summed E-state index contributed by atoms with van der Waals surface area (Å²) in [5.74, 6) is 0. The molecule has 0 saturated carbocycles. The second-order valence-electron chi connectivity index (χ2n) is 2.08.